The molecule has 0 aliphatic carbocycles. The predicted molar refractivity (Wildman–Crippen MR) is 71.8 cm³/mol. The molecule has 0 amide bonds. The van der Waals surface area contributed by atoms with E-state index in [0.717, 1.165) is 14.3 Å². The van der Waals surface area contributed by atoms with Gasteiger partial charge in [0.15, 0.2) is 0 Å². The summed E-state index contributed by atoms with van der Waals surface area (Å²) >= 11 is 3.28. The molecule has 1 aromatic carbocycles. The van der Waals surface area contributed by atoms with E-state index >= 15 is 0 Å². The van der Waals surface area contributed by atoms with Gasteiger partial charge in [-0.25, -0.2) is 17.2 Å². The Kier molecular flexibility index (Phi) is 3.99. The molecule has 0 unspecified atom stereocenters. The Morgan fingerprint density at radius 3 is 2.63 bits per heavy atom. The minimum Gasteiger partial charge on any atom is -0.207 e. The first-order valence-corrected chi connectivity index (χ1v) is 8.10. The van der Waals surface area contributed by atoms with Crippen molar-refractivity contribution in [1.29, 1.82) is 0 Å². The van der Waals surface area contributed by atoms with Crippen LogP contribution in [0.4, 0.5) is 8.78 Å². The third kappa shape index (κ3) is 3.14. The topological polar surface area (TPSA) is 37.4 Å². The molecule has 7 heteroatoms. The lowest BCUT2D eigenvalue weighted by molar-refractivity contribution is -0.0434. The van der Waals surface area contributed by atoms with Crippen LogP contribution in [0.1, 0.15) is 18.4 Å². The summed E-state index contributed by atoms with van der Waals surface area (Å²) in [7, 11) is -3.84. The second-order valence-corrected chi connectivity index (χ2v) is 7.50. The smallest absolute Gasteiger partial charge is 0.207 e. The van der Waals surface area contributed by atoms with Gasteiger partial charge >= 0.3 is 0 Å². The van der Waals surface area contributed by atoms with Gasteiger partial charge in [-0.1, -0.05) is 15.9 Å². The van der Waals surface area contributed by atoms with E-state index in [1.165, 1.54) is 12.1 Å². The fraction of sp³-hybridized carbons (Fsp3) is 0.500. The summed E-state index contributed by atoms with van der Waals surface area (Å²) in [5.74, 6) is -2.93. The maximum absolute atomic E-state index is 13.3. The molecule has 1 aliphatic rings. The van der Waals surface area contributed by atoms with Crippen molar-refractivity contribution in [3.8, 4) is 0 Å². The number of rotatable bonds is 2. The van der Waals surface area contributed by atoms with Crippen LogP contribution in [0, 0.1) is 6.92 Å². The van der Waals surface area contributed by atoms with E-state index in [0.29, 0.717) is 0 Å². The van der Waals surface area contributed by atoms with Crippen molar-refractivity contribution in [2.45, 2.75) is 30.6 Å². The molecule has 0 atom stereocenters. The van der Waals surface area contributed by atoms with Crippen LogP contribution in [0.15, 0.2) is 27.6 Å². The molecule has 0 bridgehead atoms. The van der Waals surface area contributed by atoms with Gasteiger partial charge in [-0.15, -0.1) is 0 Å². The van der Waals surface area contributed by atoms with Gasteiger partial charge in [0.1, 0.15) is 0 Å². The molecule has 0 radical (unpaired) electrons. The Morgan fingerprint density at radius 1 is 1.37 bits per heavy atom. The molecule has 3 nitrogen and oxygen atoms in total. The van der Waals surface area contributed by atoms with E-state index in [9.17, 15) is 17.2 Å². The van der Waals surface area contributed by atoms with E-state index in [-0.39, 0.29) is 24.3 Å². The van der Waals surface area contributed by atoms with Gasteiger partial charge < -0.3 is 0 Å². The van der Waals surface area contributed by atoms with Crippen LogP contribution in [-0.2, 0) is 10.0 Å². The summed E-state index contributed by atoms with van der Waals surface area (Å²) in [6.45, 7) is 1.17. The first-order valence-electron chi connectivity index (χ1n) is 5.86. The van der Waals surface area contributed by atoms with Gasteiger partial charge in [-0.3, -0.25) is 0 Å². The Labute approximate surface area is 119 Å². The number of benzene rings is 1. The van der Waals surface area contributed by atoms with Crippen molar-refractivity contribution in [2.75, 3.05) is 13.1 Å². The van der Waals surface area contributed by atoms with E-state index in [1.54, 1.807) is 13.0 Å². The number of piperidine rings is 1. The molecule has 2 rings (SSSR count). The number of hydrogen-bond donors (Lipinski definition) is 0. The molecule has 0 aromatic heterocycles. The van der Waals surface area contributed by atoms with E-state index in [1.807, 2.05) is 0 Å². The molecule has 1 aliphatic heterocycles. The fourth-order valence-electron chi connectivity index (χ4n) is 2.06. The summed E-state index contributed by atoms with van der Waals surface area (Å²) in [6.07, 6.45) is -0.0693. The summed E-state index contributed by atoms with van der Waals surface area (Å²) < 4.78 is 53.0. The molecule has 106 valence electrons. The van der Waals surface area contributed by atoms with Gasteiger partial charge in [0.2, 0.25) is 10.0 Å². The zero-order valence-corrected chi connectivity index (χ0v) is 12.8. The lowest BCUT2D eigenvalue weighted by atomic mass is 10.1. The highest BCUT2D eigenvalue weighted by Gasteiger charge is 2.40. The van der Waals surface area contributed by atoms with Crippen molar-refractivity contribution in [3.05, 3.63) is 28.2 Å². The first kappa shape index (κ1) is 14.9. The zero-order chi connectivity index (χ0) is 14.3. The third-order valence-corrected chi connectivity index (χ3v) is 5.86. The van der Waals surface area contributed by atoms with E-state index in [2.05, 4.69) is 15.9 Å². The van der Waals surface area contributed by atoms with Crippen LogP contribution < -0.4 is 0 Å². The van der Waals surface area contributed by atoms with Gasteiger partial charge in [-0.05, 0) is 37.1 Å². The lowest BCUT2D eigenvalue weighted by Gasteiger charge is -2.31. The van der Waals surface area contributed by atoms with Crippen LogP contribution in [0.3, 0.4) is 0 Å². The Morgan fingerprint density at radius 2 is 2.05 bits per heavy atom. The lowest BCUT2D eigenvalue weighted by Crippen LogP contribution is -2.45. The van der Waals surface area contributed by atoms with Crippen LogP contribution in [0.5, 0.6) is 0 Å². The van der Waals surface area contributed by atoms with E-state index < -0.39 is 22.5 Å². The van der Waals surface area contributed by atoms with Crippen molar-refractivity contribution in [1.82, 2.24) is 4.31 Å². The Bertz CT molecular complexity index is 589. The normalized spacial score (nSPS) is 20.4. The molecule has 1 aromatic rings. The monoisotopic (exact) mass is 353 g/mol. The van der Waals surface area contributed by atoms with Gasteiger partial charge in [0.25, 0.3) is 5.92 Å². The van der Waals surface area contributed by atoms with Gasteiger partial charge in [0.05, 0.1) is 11.4 Å². The number of sulfonamides is 1. The largest absolute Gasteiger partial charge is 0.261 e. The molecule has 1 saturated heterocycles. The van der Waals surface area contributed by atoms with Crippen LogP contribution in [0.25, 0.3) is 0 Å². The quantitative estimate of drug-likeness (QED) is 0.818. The number of alkyl halides is 2. The molecule has 19 heavy (non-hydrogen) atoms. The molecular formula is C12H14BrF2NO2S. The summed E-state index contributed by atoms with van der Waals surface area (Å²) in [5.41, 5.74) is 0.754. The van der Waals surface area contributed by atoms with Gasteiger partial charge in [-0.2, -0.15) is 4.31 Å². The molecule has 1 fully saturated rings. The number of hydrogen-bond acceptors (Lipinski definition) is 2. The average molecular weight is 354 g/mol. The third-order valence-electron chi connectivity index (χ3n) is 3.12. The van der Waals surface area contributed by atoms with Crippen LogP contribution in [-0.4, -0.2) is 31.7 Å². The highest BCUT2D eigenvalue weighted by atomic mass is 79.9. The summed E-state index contributed by atoms with van der Waals surface area (Å²) in [5, 5.41) is 0. The summed E-state index contributed by atoms with van der Waals surface area (Å²) in [6, 6.07) is 4.54. The standard InChI is InChI=1S/C12H14BrF2NO2S/c1-9-7-10(3-4-11(9)13)19(17,18)16-6-2-5-12(14,15)8-16/h3-4,7H,2,5-6,8H2,1H3. The zero-order valence-electron chi connectivity index (χ0n) is 10.4. The summed E-state index contributed by atoms with van der Waals surface area (Å²) in [4.78, 5) is 0.0610. The van der Waals surface area contributed by atoms with Crippen molar-refractivity contribution >= 4 is 26.0 Å². The molecule has 0 saturated carbocycles. The predicted octanol–water partition coefficient (Wildman–Crippen LogP) is 3.18. The maximum Gasteiger partial charge on any atom is 0.261 e. The van der Waals surface area contributed by atoms with Crippen LogP contribution >= 0.6 is 15.9 Å². The highest BCUT2D eigenvalue weighted by molar-refractivity contribution is 9.10. The maximum atomic E-state index is 13.3. The number of nitrogens with zero attached hydrogens (tertiary/aromatic N) is 1. The van der Waals surface area contributed by atoms with Gasteiger partial charge in [0, 0.05) is 17.4 Å². The number of aryl methyl sites for hydroxylation is 1. The first-order chi connectivity index (χ1) is 8.72. The number of halogens is 3. The fourth-order valence-corrected chi connectivity index (χ4v) is 3.90. The van der Waals surface area contributed by atoms with Crippen LogP contribution in [0.2, 0.25) is 0 Å². The Balaban J connectivity index is 2.34. The molecule has 1 heterocycles. The SMILES string of the molecule is Cc1cc(S(=O)(=O)N2CCCC(F)(F)C2)ccc1Br. The van der Waals surface area contributed by atoms with Crippen molar-refractivity contribution in [2.24, 2.45) is 0 Å². The highest BCUT2D eigenvalue weighted by Crippen LogP contribution is 2.31. The second-order valence-electron chi connectivity index (χ2n) is 4.71. The minimum atomic E-state index is -3.84. The molecule has 0 spiro atoms. The minimum absolute atomic E-state index is 0.0610. The van der Waals surface area contributed by atoms with Crippen molar-refractivity contribution < 1.29 is 17.2 Å². The second kappa shape index (κ2) is 5.10. The molecule has 0 N–H and O–H groups in total. The Hall–Kier alpha value is -0.530. The average Bonchev–Trinajstić information content (AvgIpc) is 2.31. The van der Waals surface area contributed by atoms with E-state index in [4.69, 9.17) is 0 Å². The molecular weight excluding hydrogens is 340 g/mol. The van der Waals surface area contributed by atoms with Crippen molar-refractivity contribution in [3.63, 3.8) is 0 Å².